The molecule has 1 aromatic heterocycles. The minimum atomic E-state index is -0.172. The molecule has 6 atom stereocenters. The average molecular weight is 487 g/mol. The number of hydrogen-bond donors (Lipinski definition) is 0. The summed E-state index contributed by atoms with van der Waals surface area (Å²) in [7, 11) is 0. The van der Waals surface area contributed by atoms with Gasteiger partial charge in [0.25, 0.3) is 0 Å². The van der Waals surface area contributed by atoms with Crippen LogP contribution in [0, 0.1) is 42.4 Å². The van der Waals surface area contributed by atoms with Crippen molar-refractivity contribution >= 4 is 29.0 Å². The molecule has 5 heteroatoms. The van der Waals surface area contributed by atoms with E-state index in [4.69, 9.17) is 9.72 Å². The second-order valence-corrected chi connectivity index (χ2v) is 12.4. The molecule has 0 amide bonds. The zero-order chi connectivity index (χ0) is 25.4. The highest BCUT2D eigenvalue weighted by Crippen LogP contribution is 2.66. The van der Waals surface area contributed by atoms with Crippen LogP contribution in [0.25, 0.3) is 16.7 Å². The number of ether oxygens (including phenoxy) is 1. The molecule has 2 aromatic rings. The maximum absolute atomic E-state index is 12.5. The minimum absolute atomic E-state index is 0.0234. The lowest BCUT2D eigenvalue weighted by molar-refractivity contribution is -0.148. The van der Waals surface area contributed by atoms with E-state index in [0.717, 1.165) is 61.4 Å². The fraction of sp³-hybridized carbons (Fsp3) is 0.581. The molecule has 2 fully saturated rings. The lowest BCUT2D eigenvalue weighted by Crippen LogP contribution is -2.50. The van der Waals surface area contributed by atoms with Gasteiger partial charge in [-0.25, -0.2) is 4.98 Å². The van der Waals surface area contributed by atoms with Gasteiger partial charge in [-0.05, 0) is 98.8 Å². The Bertz CT molecular complexity index is 1330. The number of esters is 1. The quantitative estimate of drug-likeness (QED) is 0.280. The lowest BCUT2D eigenvalue weighted by atomic mass is 9.47. The zero-order valence-electron chi connectivity index (χ0n) is 22.3. The molecule has 36 heavy (non-hydrogen) atoms. The largest absolute Gasteiger partial charge is 0.462 e. The molecule has 4 aliphatic carbocycles. The molecule has 0 saturated heterocycles. The maximum Gasteiger partial charge on any atom is 0.302 e. The molecule has 4 aliphatic rings. The number of rotatable bonds is 3. The summed E-state index contributed by atoms with van der Waals surface area (Å²) < 4.78 is 7.85. The smallest absolute Gasteiger partial charge is 0.302 e. The van der Waals surface area contributed by atoms with Gasteiger partial charge in [0.1, 0.15) is 18.7 Å². The summed E-state index contributed by atoms with van der Waals surface area (Å²) in [5.41, 5.74) is 8.37. The van der Waals surface area contributed by atoms with Gasteiger partial charge in [0.05, 0.1) is 11.0 Å². The Hall–Kier alpha value is -2.69. The minimum Gasteiger partial charge on any atom is -0.462 e. The first-order valence-corrected chi connectivity index (χ1v) is 13.7. The van der Waals surface area contributed by atoms with E-state index >= 15 is 0 Å². The predicted molar refractivity (Wildman–Crippen MR) is 141 cm³/mol. The first-order chi connectivity index (χ1) is 17.2. The molecule has 0 radical (unpaired) electrons. The van der Waals surface area contributed by atoms with Crippen molar-refractivity contribution in [2.75, 3.05) is 0 Å². The number of aldehydes is 1. The number of fused-ring (bicyclic) bond motifs is 6. The number of aromatic nitrogens is 2. The number of hydrogen-bond acceptors (Lipinski definition) is 4. The van der Waals surface area contributed by atoms with Gasteiger partial charge in [0, 0.05) is 30.0 Å². The Labute approximate surface area is 214 Å². The Morgan fingerprint density at radius 1 is 1.08 bits per heavy atom. The molecule has 0 spiro atoms. The van der Waals surface area contributed by atoms with E-state index in [2.05, 4.69) is 50.5 Å². The van der Waals surface area contributed by atoms with Gasteiger partial charge in [-0.1, -0.05) is 25.5 Å². The van der Waals surface area contributed by atoms with Gasteiger partial charge < -0.3 is 9.30 Å². The third kappa shape index (κ3) is 3.30. The summed E-state index contributed by atoms with van der Waals surface area (Å²) in [5, 5.41) is 0. The Balaban J connectivity index is 1.36. The van der Waals surface area contributed by atoms with Gasteiger partial charge in [-0.2, -0.15) is 0 Å². The van der Waals surface area contributed by atoms with Gasteiger partial charge in [0.2, 0.25) is 0 Å². The van der Waals surface area contributed by atoms with Gasteiger partial charge in [0.15, 0.2) is 0 Å². The van der Waals surface area contributed by atoms with Crippen molar-refractivity contribution in [1.29, 1.82) is 0 Å². The standard InChI is InChI=1S/C31H38N2O3/c1-18-12-27-28(13-19(18)2)33(17-32-27)29-21(16-34)14-26-24-7-6-22-15-23(36-20(3)35)8-10-30(22,4)25(24)9-11-31(26,29)5/h6,12-13,16-17,23-26H,7-11,14-15H2,1-5H3/t23-,24+,25-,26-,30-,31-/m0/s1. The molecule has 0 unspecified atom stereocenters. The second kappa shape index (κ2) is 8.16. The molecule has 6 rings (SSSR count). The first-order valence-electron chi connectivity index (χ1n) is 13.7. The maximum atomic E-state index is 12.5. The summed E-state index contributed by atoms with van der Waals surface area (Å²) in [6.07, 6.45) is 12.6. The van der Waals surface area contributed by atoms with Gasteiger partial charge in [-0.3, -0.25) is 9.59 Å². The van der Waals surface area contributed by atoms with Crippen LogP contribution >= 0.6 is 0 Å². The van der Waals surface area contributed by atoms with Crippen molar-refractivity contribution in [3.05, 3.63) is 46.8 Å². The average Bonchev–Trinajstić information content (AvgIpc) is 3.36. The number of carbonyl (C=O) groups excluding carboxylic acids is 2. The summed E-state index contributed by atoms with van der Waals surface area (Å²) >= 11 is 0. The topological polar surface area (TPSA) is 61.2 Å². The van der Waals surface area contributed by atoms with Crippen LogP contribution in [0.3, 0.4) is 0 Å². The number of allylic oxidation sites excluding steroid dienone is 3. The van der Waals surface area contributed by atoms with Crippen LogP contribution in [0.15, 0.2) is 35.7 Å². The number of nitrogens with zero attached hydrogens (tertiary/aromatic N) is 2. The van der Waals surface area contributed by atoms with E-state index < -0.39 is 0 Å². The van der Waals surface area contributed by atoms with E-state index in [9.17, 15) is 9.59 Å². The van der Waals surface area contributed by atoms with Crippen LogP contribution in [0.2, 0.25) is 0 Å². The SMILES string of the molecule is CC(=O)O[C@H]1CC[C@@]2(C)C(=CC[C@@H]3[C@@H]2CC[C@]2(C)C(n4cnc5cc(C)c(C)cc54)=C(C=O)C[C@@H]32)C1. The van der Waals surface area contributed by atoms with E-state index in [1.807, 2.05) is 6.33 Å². The molecule has 1 heterocycles. The summed E-state index contributed by atoms with van der Waals surface area (Å²) in [6.45, 7) is 10.7. The molecule has 1 aromatic carbocycles. The van der Waals surface area contributed by atoms with Crippen LogP contribution < -0.4 is 0 Å². The van der Waals surface area contributed by atoms with E-state index in [0.29, 0.717) is 17.8 Å². The highest BCUT2D eigenvalue weighted by atomic mass is 16.5. The number of aryl methyl sites for hydroxylation is 2. The summed E-state index contributed by atoms with van der Waals surface area (Å²) in [4.78, 5) is 28.8. The van der Waals surface area contributed by atoms with Crippen LogP contribution in [-0.2, 0) is 14.3 Å². The number of carbonyl (C=O) groups is 2. The molecule has 2 saturated carbocycles. The first kappa shape index (κ1) is 23.7. The Kier molecular flexibility index (Phi) is 5.37. The Morgan fingerprint density at radius 2 is 1.83 bits per heavy atom. The molecule has 190 valence electrons. The van der Waals surface area contributed by atoms with Gasteiger partial charge >= 0.3 is 5.97 Å². The highest BCUT2D eigenvalue weighted by Gasteiger charge is 2.58. The fourth-order valence-electron chi connectivity index (χ4n) is 8.63. The molecule has 5 nitrogen and oxygen atoms in total. The molecule has 0 N–H and O–H groups in total. The molecule has 0 bridgehead atoms. The third-order valence-corrected chi connectivity index (χ3v) is 10.6. The highest BCUT2D eigenvalue weighted by molar-refractivity contribution is 5.90. The van der Waals surface area contributed by atoms with Gasteiger partial charge in [-0.15, -0.1) is 0 Å². The monoisotopic (exact) mass is 486 g/mol. The second-order valence-electron chi connectivity index (χ2n) is 12.4. The number of imidazole rings is 1. The van der Waals surface area contributed by atoms with E-state index in [1.165, 1.54) is 35.7 Å². The van der Waals surface area contributed by atoms with Crippen molar-refractivity contribution in [2.45, 2.75) is 85.7 Å². The van der Waals surface area contributed by atoms with Crippen molar-refractivity contribution < 1.29 is 14.3 Å². The molecular weight excluding hydrogens is 448 g/mol. The van der Waals surface area contributed by atoms with Crippen molar-refractivity contribution in [3.8, 4) is 0 Å². The van der Waals surface area contributed by atoms with Crippen LogP contribution in [0.1, 0.15) is 76.8 Å². The number of benzene rings is 1. The van der Waals surface area contributed by atoms with Crippen LogP contribution in [-0.4, -0.2) is 27.9 Å². The van der Waals surface area contributed by atoms with Crippen molar-refractivity contribution in [2.24, 2.45) is 28.6 Å². The normalized spacial score (nSPS) is 35.6. The van der Waals surface area contributed by atoms with Crippen LogP contribution in [0.5, 0.6) is 0 Å². The van der Waals surface area contributed by atoms with Crippen molar-refractivity contribution in [3.63, 3.8) is 0 Å². The van der Waals surface area contributed by atoms with E-state index in [1.54, 1.807) is 0 Å². The third-order valence-electron chi connectivity index (χ3n) is 10.6. The van der Waals surface area contributed by atoms with Crippen molar-refractivity contribution in [1.82, 2.24) is 9.55 Å². The lowest BCUT2D eigenvalue weighted by Gasteiger charge is -2.57. The molecular formula is C31H38N2O3. The molecule has 0 aliphatic heterocycles. The zero-order valence-corrected chi connectivity index (χ0v) is 22.3. The summed E-state index contributed by atoms with van der Waals surface area (Å²) in [6, 6.07) is 4.39. The van der Waals surface area contributed by atoms with E-state index in [-0.39, 0.29) is 22.9 Å². The predicted octanol–water partition coefficient (Wildman–Crippen LogP) is 6.57. The fourth-order valence-corrected chi connectivity index (χ4v) is 8.63. The summed E-state index contributed by atoms with van der Waals surface area (Å²) in [5.74, 6) is 1.46. The van der Waals surface area contributed by atoms with Crippen LogP contribution in [0.4, 0.5) is 0 Å². The Morgan fingerprint density at radius 3 is 2.58 bits per heavy atom.